The van der Waals surface area contributed by atoms with Gasteiger partial charge in [-0.2, -0.15) is 0 Å². The van der Waals surface area contributed by atoms with Gasteiger partial charge in [0.1, 0.15) is 5.82 Å². The average molecular weight is 232 g/mol. The molecule has 90 valence electrons. The Morgan fingerprint density at radius 2 is 2.29 bits per heavy atom. The fourth-order valence-electron chi connectivity index (χ4n) is 1.72. The maximum absolute atomic E-state index is 4.42. The Kier molecular flexibility index (Phi) is 3.43. The van der Waals surface area contributed by atoms with Gasteiger partial charge in [-0.25, -0.2) is 9.97 Å². The normalized spacial score (nSPS) is 12.6. The number of nitrogens with zero attached hydrogens (tertiary/aromatic N) is 5. The van der Waals surface area contributed by atoms with Crippen molar-refractivity contribution in [3.05, 3.63) is 35.7 Å². The fraction of sp³-hybridized carbons (Fsp3) is 0.455. The van der Waals surface area contributed by atoms with Crippen LogP contribution in [0.25, 0.3) is 0 Å². The molecule has 2 rings (SSSR count). The molecule has 17 heavy (non-hydrogen) atoms. The molecular weight excluding hydrogens is 216 g/mol. The van der Waals surface area contributed by atoms with E-state index >= 15 is 0 Å². The van der Waals surface area contributed by atoms with E-state index < -0.39 is 0 Å². The van der Waals surface area contributed by atoms with Crippen molar-refractivity contribution >= 4 is 0 Å². The minimum atomic E-state index is 0.133. The summed E-state index contributed by atoms with van der Waals surface area (Å²) in [5.74, 6) is 0.780. The zero-order valence-electron chi connectivity index (χ0n) is 10.3. The number of rotatable bonds is 4. The van der Waals surface area contributed by atoms with Crippen LogP contribution >= 0.6 is 0 Å². The minimum Gasteiger partial charge on any atom is -0.311 e. The van der Waals surface area contributed by atoms with Crippen LogP contribution in [0.5, 0.6) is 0 Å². The standard InChI is InChI=1S/C11H16N6/c1-8-13-5-4-10(14-8)11(12-2)6-9-7-17(3)16-15-9/h4-5,7,11-12H,6H2,1-3H3. The summed E-state index contributed by atoms with van der Waals surface area (Å²) >= 11 is 0. The summed E-state index contributed by atoms with van der Waals surface area (Å²) in [6.07, 6.45) is 4.46. The topological polar surface area (TPSA) is 68.5 Å². The highest BCUT2D eigenvalue weighted by molar-refractivity contribution is 5.10. The van der Waals surface area contributed by atoms with E-state index in [0.717, 1.165) is 23.6 Å². The van der Waals surface area contributed by atoms with Crippen molar-refractivity contribution in [1.29, 1.82) is 0 Å². The fourth-order valence-corrected chi connectivity index (χ4v) is 1.72. The monoisotopic (exact) mass is 232 g/mol. The largest absolute Gasteiger partial charge is 0.311 e. The Labute approximate surface area is 100 Å². The SMILES string of the molecule is CNC(Cc1cn(C)nn1)c1ccnc(C)n1. The first-order valence-corrected chi connectivity index (χ1v) is 5.51. The van der Waals surface area contributed by atoms with Crippen LogP contribution in [0.4, 0.5) is 0 Å². The third kappa shape index (κ3) is 2.85. The molecule has 0 bridgehead atoms. The molecule has 2 heterocycles. The van der Waals surface area contributed by atoms with Gasteiger partial charge in [0.05, 0.1) is 17.4 Å². The molecule has 1 atom stereocenters. The van der Waals surface area contributed by atoms with Gasteiger partial charge in [-0.05, 0) is 20.0 Å². The number of likely N-dealkylation sites (N-methyl/N-ethyl adjacent to an activating group) is 1. The second-order valence-electron chi connectivity index (χ2n) is 3.96. The number of hydrogen-bond acceptors (Lipinski definition) is 5. The summed E-state index contributed by atoms with van der Waals surface area (Å²) < 4.78 is 1.70. The van der Waals surface area contributed by atoms with Crippen molar-refractivity contribution < 1.29 is 0 Å². The van der Waals surface area contributed by atoms with Crippen LogP contribution in [0.1, 0.15) is 23.3 Å². The van der Waals surface area contributed by atoms with Gasteiger partial charge in [-0.3, -0.25) is 4.68 Å². The Morgan fingerprint density at radius 3 is 2.88 bits per heavy atom. The smallest absolute Gasteiger partial charge is 0.125 e. The van der Waals surface area contributed by atoms with Crippen molar-refractivity contribution in [3.63, 3.8) is 0 Å². The highest BCUT2D eigenvalue weighted by atomic mass is 15.4. The van der Waals surface area contributed by atoms with Crippen LogP contribution in [-0.2, 0) is 13.5 Å². The lowest BCUT2D eigenvalue weighted by Gasteiger charge is -2.14. The molecule has 0 aliphatic carbocycles. The lowest BCUT2D eigenvalue weighted by atomic mass is 10.1. The van der Waals surface area contributed by atoms with Crippen molar-refractivity contribution in [2.45, 2.75) is 19.4 Å². The molecule has 0 amide bonds. The average Bonchev–Trinajstić information content (AvgIpc) is 2.72. The van der Waals surface area contributed by atoms with Crippen molar-refractivity contribution in [2.24, 2.45) is 7.05 Å². The van der Waals surface area contributed by atoms with Gasteiger partial charge in [-0.1, -0.05) is 5.21 Å². The lowest BCUT2D eigenvalue weighted by Crippen LogP contribution is -2.20. The van der Waals surface area contributed by atoms with Crippen LogP contribution in [0.3, 0.4) is 0 Å². The number of aromatic nitrogens is 5. The molecule has 2 aromatic heterocycles. The molecule has 0 radical (unpaired) electrons. The lowest BCUT2D eigenvalue weighted by molar-refractivity contribution is 0.564. The van der Waals surface area contributed by atoms with Gasteiger partial charge in [0, 0.05) is 25.9 Å². The summed E-state index contributed by atoms with van der Waals surface area (Å²) in [6, 6.07) is 2.05. The highest BCUT2D eigenvalue weighted by Gasteiger charge is 2.13. The van der Waals surface area contributed by atoms with Crippen LogP contribution in [0.2, 0.25) is 0 Å². The van der Waals surface area contributed by atoms with E-state index in [1.54, 1.807) is 10.9 Å². The van der Waals surface area contributed by atoms with Crippen LogP contribution in [0.15, 0.2) is 18.5 Å². The van der Waals surface area contributed by atoms with Crippen molar-refractivity contribution in [1.82, 2.24) is 30.3 Å². The quantitative estimate of drug-likeness (QED) is 0.827. The molecule has 0 saturated carbocycles. The van der Waals surface area contributed by atoms with Gasteiger partial charge >= 0.3 is 0 Å². The first kappa shape index (κ1) is 11.7. The summed E-state index contributed by atoms with van der Waals surface area (Å²) in [7, 11) is 3.78. The first-order chi connectivity index (χ1) is 8.19. The van der Waals surface area contributed by atoms with Gasteiger partial charge in [0.15, 0.2) is 0 Å². The third-order valence-corrected chi connectivity index (χ3v) is 2.57. The van der Waals surface area contributed by atoms with Crippen LogP contribution in [0, 0.1) is 6.92 Å². The molecule has 0 spiro atoms. The molecule has 0 aliphatic heterocycles. The Morgan fingerprint density at radius 1 is 1.47 bits per heavy atom. The van der Waals surface area contributed by atoms with Crippen molar-refractivity contribution in [3.8, 4) is 0 Å². The molecule has 0 saturated heterocycles. The maximum Gasteiger partial charge on any atom is 0.125 e. The van der Waals surface area contributed by atoms with E-state index in [1.807, 2.05) is 33.3 Å². The molecule has 6 heteroatoms. The number of aryl methyl sites for hydroxylation is 2. The van der Waals surface area contributed by atoms with Gasteiger partial charge in [-0.15, -0.1) is 5.10 Å². The molecule has 1 N–H and O–H groups in total. The minimum absolute atomic E-state index is 0.133. The maximum atomic E-state index is 4.42. The van der Waals surface area contributed by atoms with E-state index in [1.165, 1.54) is 0 Å². The van der Waals surface area contributed by atoms with E-state index in [2.05, 4.69) is 25.6 Å². The van der Waals surface area contributed by atoms with Crippen LogP contribution < -0.4 is 5.32 Å². The summed E-state index contributed by atoms with van der Waals surface area (Å²) in [5.41, 5.74) is 1.92. The molecule has 0 fully saturated rings. The first-order valence-electron chi connectivity index (χ1n) is 5.51. The molecule has 2 aromatic rings. The predicted molar refractivity (Wildman–Crippen MR) is 63.3 cm³/mol. The Bertz CT molecular complexity index is 492. The summed E-state index contributed by atoms with van der Waals surface area (Å²) in [5, 5.41) is 11.2. The van der Waals surface area contributed by atoms with Gasteiger partial charge < -0.3 is 5.32 Å². The zero-order valence-corrected chi connectivity index (χ0v) is 10.3. The molecule has 6 nitrogen and oxygen atoms in total. The van der Waals surface area contributed by atoms with Crippen LogP contribution in [-0.4, -0.2) is 32.0 Å². The Balaban J connectivity index is 2.16. The number of hydrogen-bond donors (Lipinski definition) is 1. The van der Waals surface area contributed by atoms with Gasteiger partial charge in [0.25, 0.3) is 0 Å². The predicted octanol–water partition coefficient (Wildman–Crippen LogP) is 0.417. The third-order valence-electron chi connectivity index (χ3n) is 2.57. The second-order valence-corrected chi connectivity index (χ2v) is 3.96. The van der Waals surface area contributed by atoms with E-state index in [-0.39, 0.29) is 6.04 Å². The van der Waals surface area contributed by atoms with E-state index in [9.17, 15) is 0 Å². The zero-order chi connectivity index (χ0) is 12.3. The Hall–Kier alpha value is -1.82. The molecule has 0 aromatic carbocycles. The summed E-state index contributed by atoms with van der Waals surface area (Å²) in [4.78, 5) is 8.52. The van der Waals surface area contributed by atoms with Crippen molar-refractivity contribution in [2.75, 3.05) is 7.05 Å². The van der Waals surface area contributed by atoms with E-state index in [4.69, 9.17) is 0 Å². The molecule has 1 unspecified atom stereocenters. The molecular formula is C11H16N6. The number of nitrogens with one attached hydrogen (secondary N) is 1. The summed E-state index contributed by atoms with van der Waals surface area (Å²) in [6.45, 7) is 1.89. The van der Waals surface area contributed by atoms with E-state index in [0.29, 0.717) is 0 Å². The van der Waals surface area contributed by atoms with Gasteiger partial charge in [0.2, 0.25) is 0 Å². The second kappa shape index (κ2) is 5.01. The molecule has 0 aliphatic rings. The highest BCUT2D eigenvalue weighted by Crippen LogP contribution is 2.14.